The topological polar surface area (TPSA) is 83.0 Å². The van der Waals surface area contributed by atoms with Crippen LogP contribution in [0.5, 0.6) is 0 Å². The summed E-state index contributed by atoms with van der Waals surface area (Å²) in [5.74, 6) is 0.443. The molecular weight excluding hydrogens is 208 g/mol. The highest BCUT2D eigenvalue weighted by atomic mass is 16.5. The molecular formula is C10H16N4O2. The minimum absolute atomic E-state index is 0.000614. The fourth-order valence-corrected chi connectivity index (χ4v) is 2.09. The maximum absolute atomic E-state index is 11.6. The van der Waals surface area contributed by atoms with Crippen LogP contribution >= 0.6 is 0 Å². The van der Waals surface area contributed by atoms with Crippen LogP contribution in [0.15, 0.2) is 11.1 Å². The molecule has 3 atom stereocenters. The number of hydrogen-bond acceptors (Lipinski definition) is 5. The number of anilines is 1. The summed E-state index contributed by atoms with van der Waals surface area (Å²) in [7, 11) is 0. The summed E-state index contributed by atoms with van der Waals surface area (Å²) in [4.78, 5) is 19.0. The van der Waals surface area contributed by atoms with Crippen molar-refractivity contribution in [3.05, 3.63) is 16.8 Å². The van der Waals surface area contributed by atoms with Gasteiger partial charge in [0, 0.05) is 0 Å². The maximum atomic E-state index is 11.6. The molecule has 1 aliphatic rings. The van der Waals surface area contributed by atoms with Gasteiger partial charge in [0.1, 0.15) is 12.6 Å². The summed E-state index contributed by atoms with van der Waals surface area (Å²) in [5.41, 5.74) is 4.93. The van der Waals surface area contributed by atoms with E-state index in [2.05, 4.69) is 23.8 Å². The van der Waals surface area contributed by atoms with Crippen molar-refractivity contribution in [3.63, 3.8) is 0 Å². The highest BCUT2D eigenvalue weighted by Crippen LogP contribution is 2.33. The summed E-state index contributed by atoms with van der Waals surface area (Å²) in [6, 6.07) is 0. The Kier molecular flexibility index (Phi) is 2.91. The van der Waals surface area contributed by atoms with Crippen LogP contribution in [0.25, 0.3) is 0 Å². The molecule has 6 nitrogen and oxygen atoms in total. The number of nitrogens with two attached hydrogens (primary N) is 1. The van der Waals surface area contributed by atoms with E-state index in [-0.39, 0.29) is 18.3 Å². The molecule has 0 spiro atoms. The molecule has 2 unspecified atom stereocenters. The minimum atomic E-state index is -0.401. The van der Waals surface area contributed by atoms with Gasteiger partial charge in [-0.15, -0.1) is 0 Å². The summed E-state index contributed by atoms with van der Waals surface area (Å²) >= 11 is 0. The molecule has 0 aliphatic carbocycles. The third kappa shape index (κ3) is 1.92. The van der Waals surface area contributed by atoms with Crippen molar-refractivity contribution in [1.29, 1.82) is 0 Å². The van der Waals surface area contributed by atoms with Gasteiger partial charge in [-0.05, 0) is 18.8 Å². The molecule has 1 aromatic heterocycles. The van der Waals surface area contributed by atoms with Crippen molar-refractivity contribution >= 4 is 5.95 Å². The van der Waals surface area contributed by atoms with Crippen molar-refractivity contribution in [3.8, 4) is 0 Å². The molecule has 1 saturated heterocycles. The smallest absolute Gasteiger partial charge is 0.354 e. The molecule has 88 valence electrons. The number of ether oxygens (including phenoxy) is 1. The lowest BCUT2D eigenvalue weighted by molar-refractivity contribution is -0.00807. The van der Waals surface area contributed by atoms with Crippen LogP contribution < -0.4 is 11.4 Å². The third-order valence-electron chi connectivity index (χ3n) is 3.00. The fraction of sp³-hybridized carbons (Fsp3) is 0.700. The average Bonchev–Trinajstić information content (AvgIpc) is 2.59. The Morgan fingerprint density at radius 2 is 2.44 bits per heavy atom. The lowest BCUT2D eigenvalue weighted by Gasteiger charge is -2.14. The summed E-state index contributed by atoms with van der Waals surface area (Å²) in [5, 5.41) is 0. The van der Waals surface area contributed by atoms with Crippen LogP contribution in [0.3, 0.4) is 0 Å². The maximum Gasteiger partial charge on any atom is 0.354 e. The van der Waals surface area contributed by atoms with Gasteiger partial charge in [-0.1, -0.05) is 13.8 Å². The molecule has 1 aliphatic heterocycles. The lowest BCUT2D eigenvalue weighted by Crippen LogP contribution is -2.28. The van der Waals surface area contributed by atoms with Crippen LogP contribution in [0.1, 0.15) is 32.9 Å². The molecule has 0 aromatic carbocycles. The number of hydrogen-bond donors (Lipinski definition) is 1. The normalized spacial score (nSPS) is 29.5. The third-order valence-corrected chi connectivity index (χ3v) is 3.00. The SMILES string of the molecule is CCC1O[C@@H](n2cnc(N)nc2=O)CC1C. The van der Waals surface area contributed by atoms with E-state index in [1.807, 2.05) is 0 Å². The van der Waals surface area contributed by atoms with Crippen LogP contribution in [-0.4, -0.2) is 20.6 Å². The van der Waals surface area contributed by atoms with Gasteiger partial charge < -0.3 is 10.5 Å². The van der Waals surface area contributed by atoms with Crippen LogP contribution in [0, 0.1) is 5.92 Å². The largest absolute Gasteiger partial charge is 0.368 e. The van der Waals surface area contributed by atoms with Crippen molar-refractivity contribution in [2.45, 2.75) is 39.0 Å². The summed E-state index contributed by atoms with van der Waals surface area (Å²) in [6.45, 7) is 4.20. The zero-order valence-electron chi connectivity index (χ0n) is 9.46. The first-order chi connectivity index (χ1) is 7.61. The minimum Gasteiger partial charge on any atom is -0.368 e. The van der Waals surface area contributed by atoms with E-state index in [0.29, 0.717) is 5.92 Å². The molecule has 2 heterocycles. The van der Waals surface area contributed by atoms with E-state index in [4.69, 9.17) is 10.5 Å². The van der Waals surface area contributed by atoms with Gasteiger partial charge in [-0.2, -0.15) is 4.98 Å². The summed E-state index contributed by atoms with van der Waals surface area (Å²) in [6.07, 6.45) is 3.11. The molecule has 2 rings (SSSR count). The Morgan fingerprint density at radius 1 is 1.69 bits per heavy atom. The van der Waals surface area contributed by atoms with Gasteiger partial charge in [0.25, 0.3) is 0 Å². The number of nitrogen functional groups attached to an aromatic ring is 1. The van der Waals surface area contributed by atoms with Gasteiger partial charge in [-0.3, -0.25) is 4.57 Å². The second kappa shape index (κ2) is 4.21. The Balaban J connectivity index is 2.23. The van der Waals surface area contributed by atoms with Crippen molar-refractivity contribution in [2.75, 3.05) is 5.73 Å². The Labute approximate surface area is 93.5 Å². The lowest BCUT2D eigenvalue weighted by atomic mass is 10.0. The predicted molar refractivity (Wildman–Crippen MR) is 58.7 cm³/mol. The summed E-state index contributed by atoms with van der Waals surface area (Å²) < 4.78 is 7.18. The second-order valence-electron chi connectivity index (χ2n) is 4.15. The second-order valence-corrected chi connectivity index (χ2v) is 4.15. The average molecular weight is 224 g/mol. The standard InChI is InChI=1S/C10H16N4O2/c1-3-7-6(2)4-8(16-7)14-5-12-9(11)13-10(14)15/h5-8H,3-4H2,1-2H3,(H2,11,13,15)/t6?,7?,8-/m1/s1. The van der Waals surface area contributed by atoms with E-state index >= 15 is 0 Å². The molecule has 6 heteroatoms. The molecule has 0 bridgehead atoms. The predicted octanol–water partition coefficient (Wildman–Crippen LogP) is 0.554. The number of aromatic nitrogens is 3. The monoisotopic (exact) mass is 224 g/mol. The van der Waals surface area contributed by atoms with Gasteiger partial charge in [-0.25, -0.2) is 9.78 Å². The van der Waals surface area contributed by atoms with E-state index in [1.165, 1.54) is 10.9 Å². The molecule has 16 heavy (non-hydrogen) atoms. The molecule has 0 amide bonds. The Bertz CT molecular complexity index is 431. The van der Waals surface area contributed by atoms with Crippen molar-refractivity contribution in [1.82, 2.24) is 14.5 Å². The quantitative estimate of drug-likeness (QED) is 0.793. The first-order valence-electron chi connectivity index (χ1n) is 5.48. The van der Waals surface area contributed by atoms with E-state index in [9.17, 15) is 4.79 Å². The molecule has 0 radical (unpaired) electrons. The number of nitrogens with zero attached hydrogens (tertiary/aromatic N) is 3. The highest BCUT2D eigenvalue weighted by Gasteiger charge is 2.32. The van der Waals surface area contributed by atoms with Crippen LogP contribution in [0.2, 0.25) is 0 Å². The van der Waals surface area contributed by atoms with Crippen LogP contribution in [0.4, 0.5) is 5.95 Å². The van der Waals surface area contributed by atoms with Gasteiger partial charge >= 0.3 is 5.69 Å². The molecule has 1 fully saturated rings. The van der Waals surface area contributed by atoms with E-state index in [1.54, 1.807) is 0 Å². The number of rotatable bonds is 2. The van der Waals surface area contributed by atoms with Gasteiger partial charge in [0.2, 0.25) is 5.95 Å². The fourth-order valence-electron chi connectivity index (χ4n) is 2.09. The Morgan fingerprint density at radius 3 is 3.00 bits per heavy atom. The zero-order valence-corrected chi connectivity index (χ0v) is 9.46. The van der Waals surface area contributed by atoms with Gasteiger partial charge in [0.15, 0.2) is 0 Å². The van der Waals surface area contributed by atoms with Gasteiger partial charge in [0.05, 0.1) is 6.10 Å². The molecule has 1 aromatic rings. The first-order valence-corrected chi connectivity index (χ1v) is 5.48. The zero-order chi connectivity index (χ0) is 11.7. The van der Waals surface area contributed by atoms with Crippen molar-refractivity contribution in [2.24, 2.45) is 5.92 Å². The van der Waals surface area contributed by atoms with Crippen LogP contribution in [-0.2, 0) is 4.74 Å². The first kappa shape index (κ1) is 11.1. The highest BCUT2D eigenvalue weighted by molar-refractivity contribution is 5.09. The Hall–Kier alpha value is -1.43. The van der Waals surface area contributed by atoms with E-state index in [0.717, 1.165) is 12.8 Å². The van der Waals surface area contributed by atoms with E-state index < -0.39 is 5.69 Å². The molecule has 0 saturated carbocycles. The van der Waals surface area contributed by atoms with Crippen molar-refractivity contribution < 1.29 is 4.74 Å². The molecule has 2 N–H and O–H groups in total.